The Morgan fingerprint density at radius 2 is 2.19 bits per heavy atom. The van der Waals surface area contributed by atoms with Gasteiger partial charge >= 0.3 is 0 Å². The van der Waals surface area contributed by atoms with E-state index in [4.69, 9.17) is 5.73 Å². The molecule has 1 heterocycles. The monoisotopic (exact) mass is 280 g/mol. The average molecular weight is 281 g/mol. The molecule has 3 heteroatoms. The zero-order valence-electron chi connectivity index (χ0n) is 9.54. The zero-order chi connectivity index (χ0) is 11.5. The summed E-state index contributed by atoms with van der Waals surface area (Å²) in [5.74, 6) is 0. The van der Waals surface area contributed by atoms with Crippen molar-refractivity contribution in [2.75, 3.05) is 6.54 Å². The molecule has 1 aromatic heterocycles. The molecular weight excluding hydrogens is 264 g/mol. The van der Waals surface area contributed by atoms with E-state index in [-0.39, 0.29) is 0 Å². The molecule has 0 fully saturated rings. The Kier molecular flexibility index (Phi) is 3.66. The van der Waals surface area contributed by atoms with E-state index in [1.165, 1.54) is 16.5 Å². The Labute approximate surface area is 105 Å². The maximum atomic E-state index is 5.56. The second-order valence-electron chi connectivity index (χ2n) is 4.00. The molecule has 0 amide bonds. The molecule has 0 aliphatic carbocycles. The number of nitrogens with zero attached hydrogens (tertiary/aromatic N) is 1. The molecule has 86 valence electrons. The van der Waals surface area contributed by atoms with Gasteiger partial charge in [0.2, 0.25) is 0 Å². The molecule has 2 rings (SSSR count). The summed E-state index contributed by atoms with van der Waals surface area (Å²) in [4.78, 5) is 0. The first-order chi connectivity index (χ1) is 7.76. The molecule has 16 heavy (non-hydrogen) atoms. The first-order valence-electron chi connectivity index (χ1n) is 5.73. The van der Waals surface area contributed by atoms with Gasteiger partial charge in [0.15, 0.2) is 0 Å². The van der Waals surface area contributed by atoms with Crippen molar-refractivity contribution in [3.8, 4) is 0 Å². The zero-order valence-corrected chi connectivity index (χ0v) is 11.1. The highest BCUT2D eigenvalue weighted by Crippen LogP contribution is 2.25. The van der Waals surface area contributed by atoms with E-state index in [9.17, 15) is 0 Å². The Morgan fingerprint density at radius 1 is 1.38 bits per heavy atom. The normalized spacial score (nSPS) is 11.2. The van der Waals surface area contributed by atoms with Gasteiger partial charge in [-0.05, 0) is 43.1 Å². The van der Waals surface area contributed by atoms with E-state index in [1.807, 2.05) is 0 Å². The number of nitrogens with two attached hydrogens (primary N) is 1. The van der Waals surface area contributed by atoms with Crippen LogP contribution in [0.4, 0.5) is 0 Å². The molecule has 2 nitrogen and oxygen atoms in total. The smallest absolute Gasteiger partial charge is 0.0483 e. The highest BCUT2D eigenvalue weighted by molar-refractivity contribution is 9.10. The molecule has 0 saturated heterocycles. The minimum atomic E-state index is 0.748. The van der Waals surface area contributed by atoms with Crippen molar-refractivity contribution in [3.63, 3.8) is 0 Å². The minimum absolute atomic E-state index is 0.748. The number of benzene rings is 1. The Hall–Kier alpha value is -0.800. The molecule has 0 bridgehead atoms. The van der Waals surface area contributed by atoms with Gasteiger partial charge in [-0.15, -0.1) is 0 Å². The number of aromatic nitrogens is 1. The SMILES string of the molecule is CCc1cn(CCCN)c2ccc(Br)cc12. The first kappa shape index (κ1) is 11.7. The van der Waals surface area contributed by atoms with Gasteiger partial charge in [-0.25, -0.2) is 0 Å². The number of aryl methyl sites for hydroxylation is 2. The van der Waals surface area contributed by atoms with Crippen LogP contribution in [0.15, 0.2) is 28.9 Å². The van der Waals surface area contributed by atoms with E-state index in [0.29, 0.717) is 0 Å². The molecule has 0 radical (unpaired) electrons. The van der Waals surface area contributed by atoms with E-state index in [1.54, 1.807) is 0 Å². The Balaban J connectivity index is 2.50. The molecule has 2 N–H and O–H groups in total. The number of hydrogen-bond acceptors (Lipinski definition) is 1. The van der Waals surface area contributed by atoms with Gasteiger partial charge < -0.3 is 10.3 Å². The van der Waals surface area contributed by atoms with E-state index >= 15 is 0 Å². The molecule has 0 aliphatic heterocycles. The fraction of sp³-hybridized carbons (Fsp3) is 0.385. The van der Waals surface area contributed by atoms with Crippen LogP contribution in [0.1, 0.15) is 18.9 Å². The van der Waals surface area contributed by atoms with Crippen LogP contribution >= 0.6 is 15.9 Å². The average Bonchev–Trinajstić information content (AvgIpc) is 2.63. The van der Waals surface area contributed by atoms with Crippen LogP contribution in [0.3, 0.4) is 0 Å². The van der Waals surface area contributed by atoms with Gasteiger partial charge in [0.1, 0.15) is 0 Å². The van der Waals surface area contributed by atoms with Crippen molar-refractivity contribution in [1.82, 2.24) is 4.57 Å². The second-order valence-corrected chi connectivity index (χ2v) is 4.92. The molecule has 0 spiro atoms. The summed E-state index contributed by atoms with van der Waals surface area (Å²) in [5.41, 5.74) is 8.29. The fourth-order valence-electron chi connectivity index (χ4n) is 2.07. The van der Waals surface area contributed by atoms with Crippen molar-refractivity contribution < 1.29 is 0 Å². The highest BCUT2D eigenvalue weighted by Gasteiger charge is 2.06. The highest BCUT2D eigenvalue weighted by atomic mass is 79.9. The number of halogens is 1. The van der Waals surface area contributed by atoms with Crippen LogP contribution in [0.25, 0.3) is 10.9 Å². The summed E-state index contributed by atoms with van der Waals surface area (Å²) in [7, 11) is 0. The van der Waals surface area contributed by atoms with Crippen molar-refractivity contribution in [3.05, 3.63) is 34.4 Å². The van der Waals surface area contributed by atoms with Crippen molar-refractivity contribution >= 4 is 26.8 Å². The number of fused-ring (bicyclic) bond motifs is 1. The van der Waals surface area contributed by atoms with Gasteiger partial charge in [-0.2, -0.15) is 0 Å². The number of hydrogen-bond donors (Lipinski definition) is 1. The van der Waals surface area contributed by atoms with E-state index < -0.39 is 0 Å². The molecule has 2 aromatic rings. The van der Waals surface area contributed by atoms with Crippen molar-refractivity contribution in [2.24, 2.45) is 5.73 Å². The van der Waals surface area contributed by atoms with Gasteiger partial charge in [0, 0.05) is 28.1 Å². The predicted molar refractivity (Wildman–Crippen MR) is 72.7 cm³/mol. The molecular formula is C13H17BrN2. The summed E-state index contributed by atoms with van der Waals surface area (Å²) in [5, 5.41) is 1.36. The van der Waals surface area contributed by atoms with Crippen LogP contribution in [0, 0.1) is 0 Å². The summed E-state index contributed by atoms with van der Waals surface area (Å²) >= 11 is 3.53. The molecule has 0 saturated carbocycles. The van der Waals surface area contributed by atoms with Crippen LogP contribution < -0.4 is 5.73 Å². The lowest BCUT2D eigenvalue weighted by Gasteiger charge is -2.03. The predicted octanol–water partition coefficient (Wildman–Crippen LogP) is 3.32. The lowest BCUT2D eigenvalue weighted by atomic mass is 10.1. The fourth-order valence-corrected chi connectivity index (χ4v) is 2.43. The lowest BCUT2D eigenvalue weighted by molar-refractivity contribution is 0.669. The molecule has 0 aliphatic rings. The molecule has 0 atom stereocenters. The largest absolute Gasteiger partial charge is 0.347 e. The van der Waals surface area contributed by atoms with Crippen LogP contribution in [0.5, 0.6) is 0 Å². The summed E-state index contributed by atoms with van der Waals surface area (Å²) < 4.78 is 3.46. The molecule has 1 aromatic carbocycles. The third kappa shape index (κ3) is 2.15. The van der Waals surface area contributed by atoms with Gasteiger partial charge in [-0.1, -0.05) is 22.9 Å². The van der Waals surface area contributed by atoms with Crippen molar-refractivity contribution in [1.29, 1.82) is 0 Å². The standard InChI is InChI=1S/C13H17BrN2/c1-2-10-9-16(7-3-6-15)13-5-4-11(14)8-12(10)13/h4-5,8-9H,2-3,6-7,15H2,1H3. The van der Waals surface area contributed by atoms with Gasteiger partial charge in [0.25, 0.3) is 0 Å². The lowest BCUT2D eigenvalue weighted by Crippen LogP contribution is -2.04. The van der Waals surface area contributed by atoms with E-state index in [2.05, 4.69) is 51.8 Å². The minimum Gasteiger partial charge on any atom is -0.347 e. The maximum absolute atomic E-state index is 5.56. The van der Waals surface area contributed by atoms with Gasteiger partial charge in [-0.3, -0.25) is 0 Å². The topological polar surface area (TPSA) is 30.9 Å². The van der Waals surface area contributed by atoms with E-state index in [0.717, 1.165) is 30.4 Å². The maximum Gasteiger partial charge on any atom is 0.0483 e. The van der Waals surface area contributed by atoms with Crippen molar-refractivity contribution in [2.45, 2.75) is 26.3 Å². The third-order valence-electron chi connectivity index (χ3n) is 2.91. The van der Waals surface area contributed by atoms with Gasteiger partial charge in [0.05, 0.1) is 0 Å². The van der Waals surface area contributed by atoms with Crippen LogP contribution in [-0.2, 0) is 13.0 Å². The summed E-state index contributed by atoms with van der Waals surface area (Å²) in [6.45, 7) is 3.95. The molecule has 0 unspecified atom stereocenters. The Morgan fingerprint density at radius 3 is 2.88 bits per heavy atom. The second kappa shape index (κ2) is 5.02. The number of rotatable bonds is 4. The van der Waals surface area contributed by atoms with Crippen LogP contribution in [-0.4, -0.2) is 11.1 Å². The summed E-state index contributed by atoms with van der Waals surface area (Å²) in [6, 6.07) is 6.48. The first-order valence-corrected chi connectivity index (χ1v) is 6.53. The summed E-state index contributed by atoms with van der Waals surface area (Å²) in [6.07, 6.45) is 4.36. The van der Waals surface area contributed by atoms with Crippen LogP contribution in [0.2, 0.25) is 0 Å². The third-order valence-corrected chi connectivity index (χ3v) is 3.40. The quantitative estimate of drug-likeness (QED) is 0.915. The Bertz CT molecular complexity index is 488.